The SMILES string of the molecule is COCCOCCCNc1ccc(N)c(N)n1. The summed E-state index contributed by atoms with van der Waals surface area (Å²) in [6, 6.07) is 3.54. The van der Waals surface area contributed by atoms with Crippen molar-refractivity contribution in [3.8, 4) is 0 Å². The van der Waals surface area contributed by atoms with E-state index in [-0.39, 0.29) is 0 Å². The van der Waals surface area contributed by atoms with E-state index < -0.39 is 0 Å². The number of rotatable bonds is 8. The Morgan fingerprint density at radius 1 is 1.24 bits per heavy atom. The Labute approximate surface area is 101 Å². The zero-order chi connectivity index (χ0) is 12.5. The standard InChI is InChI=1S/C11H20N4O2/c1-16-7-8-17-6-2-5-14-10-4-3-9(12)11(13)15-10/h3-4H,2,5-8,12H2,1H3,(H3,13,14,15). The highest BCUT2D eigenvalue weighted by Gasteiger charge is 1.98. The zero-order valence-corrected chi connectivity index (χ0v) is 10.1. The minimum Gasteiger partial charge on any atom is -0.396 e. The Kier molecular flexibility index (Phi) is 6.13. The van der Waals surface area contributed by atoms with Crippen LogP contribution in [0.1, 0.15) is 6.42 Å². The van der Waals surface area contributed by atoms with Crippen LogP contribution in [0.2, 0.25) is 0 Å². The van der Waals surface area contributed by atoms with Gasteiger partial charge in [0.05, 0.1) is 18.9 Å². The molecule has 0 saturated carbocycles. The molecule has 0 aromatic carbocycles. The van der Waals surface area contributed by atoms with Crippen molar-refractivity contribution in [3.05, 3.63) is 12.1 Å². The van der Waals surface area contributed by atoms with Crippen LogP contribution in [-0.2, 0) is 9.47 Å². The third-order valence-corrected chi connectivity index (χ3v) is 2.16. The van der Waals surface area contributed by atoms with Crippen LogP contribution < -0.4 is 16.8 Å². The second kappa shape index (κ2) is 7.70. The number of nitrogens with one attached hydrogen (secondary N) is 1. The largest absolute Gasteiger partial charge is 0.396 e. The van der Waals surface area contributed by atoms with Gasteiger partial charge in [0.2, 0.25) is 0 Å². The molecule has 17 heavy (non-hydrogen) atoms. The lowest BCUT2D eigenvalue weighted by atomic mass is 10.3. The average molecular weight is 240 g/mol. The zero-order valence-electron chi connectivity index (χ0n) is 10.1. The molecule has 0 bridgehead atoms. The van der Waals surface area contributed by atoms with Gasteiger partial charge >= 0.3 is 0 Å². The summed E-state index contributed by atoms with van der Waals surface area (Å²) < 4.78 is 10.2. The lowest BCUT2D eigenvalue weighted by Crippen LogP contribution is -2.10. The highest BCUT2D eigenvalue weighted by atomic mass is 16.5. The van der Waals surface area contributed by atoms with E-state index in [0.29, 0.717) is 31.3 Å². The minimum atomic E-state index is 0.353. The molecule has 0 saturated heterocycles. The number of nitrogens with zero attached hydrogens (tertiary/aromatic N) is 1. The van der Waals surface area contributed by atoms with Crippen LogP contribution in [0.15, 0.2) is 12.1 Å². The summed E-state index contributed by atoms with van der Waals surface area (Å²) >= 11 is 0. The first-order chi connectivity index (χ1) is 8.24. The van der Waals surface area contributed by atoms with Crippen LogP contribution in [0, 0.1) is 0 Å². The third-order valence-electron chi connectivity index (χ3n) is 2.16. The fourth-order valence-corrected chi connectivity index (χ4v) is 1.22. The fraction of sp³-hybridized carbons (Fsp3) is 0.545. The van der Waals surface area contributed by atoms with Gasteiger partial charge in [-0.15, -0.1) is 0 Å². The molecule has 0 fully saturated rings. The fourth-order valence-electron chi connectivity index (χ4n) is 1.22. The summed E-state index contributed by atoms with van der Waals surface area (Å²) in [5.74, 6) is 1.08. The molecule has 5 N–H and O–H groups in total. The van der Waals surface area contributed by atoms with Crippen molar-refractivity contribution in [1.82, 2.24) is 4.98 Å². The van der Waals surface area contributed by atoms with Crippen LogP contribution in [0.25, 0.3) is 0 Å². The van der Waals surface area contributed by atoms with E-state index in [1.54, 1.807) is 19.2 Å². The molecular weight excluding hydrogens is 220 g/mol. The number of methoxy groups -OCH3 is 1. The number of aromatic nitrogens is 1. The summed E-state index contributed by atoms with van der Waals surface area (Å²) in [6.07, 6.45) is 0.898. The van der Waals surface area contributed by atoms with Crippen molar-refractivity contribution in [3.63, 3.8) is 0 Å². The number of hydrogen-bond donors (Lipinski definition) is 3. The maximum atomic E-state index is 5.59. The quantitative estimate of drug-likeness (QED) is 0.579. The predicted molar refractivity (Wildman–Crippen MR) is 68.9 cm³/mol. The highest BCUT2D eigenvalue weighted by molar-refractivity contribution is 5.61. The summed E-state index contributed by atoms with van der Waals surface area (Å²) in [5.41, 5.74) is 11.7. The van der Waals surface area contributed by atoms with E-state index in [1.165, 1.54) is 0 Å². The normalized spacial score (nSPS) is 10.4. The summed E-state index contributed by atoms with van der Waals surface area (Å²) in [7, 11) is 1.65. The monoisotopic (exact) mass is 240 g/mol. The van der Waals surface area contributed by atoms with Crippen molar-refractivity contribution in [2.24, 2.45) is 0 Å². The Balaban J connectivity index is 2.11. The third kappa shape index (κ3) is 5.37. The lowest BCUT2D eigenvalue weighted by Gasteiger charge is -2.07. The smallest absolute Gasteiger partial charge is 0.149 e. The first-order valence-electron chi connectivity index (χ1n) is 5.56. The molecular formula is C11H20N4O2. The van der Waals surface area contributed by atoms with E-state index in [9.17, 15) is 0 Å². The second-order valence-electron chi connectivity index (χ2n) is 3.56. The van der Waals surface area contributed by atoms with Gasteiger partial charge in [-0.2, -0.15) is 0 Å². The van der Waals surface area contributed by atoms with Crippen molar-refractivity contribution >= 4 is 17.3 Å². The molecule has 0 radical (unpaired) electrons. The van der Waals surface area contributed by atoms with E-state index >= 15 is 0 Å². The predicted octanol–water partition coefficient (Wildman–Crippen LogP) is 0.711. The Hall–Kier alpha value is -1.53. The summed E-state index contributed by atoms with van der Waals surface area (Å²) in [5, 5.41) is 3.15. The average Bonchev–Trinajstić information content (AvgIpc) is 2.32. The Morgan fingerprint density at radius 3 is 2.76 bits per heavy atom. The van der Waals surface area contributed by atoms with Gasteiger partial charge in [0, 0.05) is 20.3 Å². The van der Waals surface area contributed by atoms with Crippen molar-refractivity contribution in [2.75, 3.05) is 50.3 Å². The first kappa shape index (κ1) is 13.5. The first-order valence-corrected chi connectivity index (χ1v) is 5.56. The van der Waals surface area contributed by atoms with Crippen LogP contribution in [0.5, 0.6) is 0 Å². The molecule has 0 aliphatic rings. The number of nitrogens with two attached hydrogens (primary N) is 2. The molecule has 0 aliphatic carbocycles. The van der Waals surface area contributed by atoms with Gasteiger partial charge in [-0.05, 0) is 18.6 Å². The lowest BCUT2D eigenvalue weighted by molar-refractivity contribution is 0.0705. The molecule has 96 valence electrons. The van der Waals surface area contributed by atoms with Crippen LogP contribution in [0.4, 0.5) is 17.3 Å². The van der Waals surface area contributed by atoms with Crippen molar-refractivity contribution < 1.29 is 9.47 Å². The molecule has 0 spiro atoms. The van der Waals surface area contributed by atoms with Gasteiger partial charge in [-0.3, -0.25) is 0 Å². The molecule has 0 unspecified atom stereocenters. The molecule has 1 aromatic heterocycles. The van der Waals surface area contributed by atoms with Crippen LogP contribution in [0.3, 0.4) is 0 Å². The van der Waals surface area contributed by atoms with E-state index in [2.05, 4.69) is 10.3 Å². The topological polar surface area (TPSA) is 95.4 Å². The molecule has 6 heteroatoms. The Morgan fingerprint density at radius 2 is 2.06 bits per heavy atom. The van der Waals surface area contributed by atoms with Crippen molar-refractivity contribution in [1.29, 1.82) is 0 Å². The van der Waals surface area contributed by atoms with Gasteiger partial charge in [0.1, 0.15) is 11.6 Å². The van der Waals surface area contributed by atoms with E-state index in [4.69, 9.17) is 20.9 Å². The van der Waals surface area contributed by atoms with Crippen LogP contribution >= 0.6 is 0 Å². The van der Waals surface area contributed by atoms with Crippen LogP contribution in [-0.4, -0.2) is 38.5 Å². The second-order valence-corrected chi connectivity index (χ2v) is 3.56. The van der Waals surface area contributed by atoms with Crippen molar-refractivity contribution in [2.45, 2.75) is 6.42 Å². The summed E-state index contributed by atoms with van der Waals surface area (Å²) in [6.45, 7) is 2.73. The number of nitrogen functional groups attached to an aromatic ring is 2. The van der Waals surface area contributed by atoms with E-state index in [0.717, 1.165) is 18.8 Å². The Bertz CT molecular complexity index is 333. The number of pyridine rings is 1. The highest BCUT2D eigenvalue weighted by Crippen LogP contribution is 2.14. The van der Waals surface area contributed by atoms with Gasteiger partial charge in [0.15, 0.2) is 0 Å². The van der Waals surface area contributed by atoms with Gasteiger partial charge in [-0.1, -0.05) is 0 Å². The van der Waals surface area contributed by atoms with Gasteiger partial charge < -0.3 is 26.3 Å². The molecule has 0 atom stereocenters. The molecule has 1 aromatic rings. The van der Waals surface area contributed by atoms with Gasteiger partial charge in [0.25, 0.3) is 0 Å². The summed E-state index contributed by atoms with van der Waals surface area (Å²) in [4.78, 5) is 4.10. The number of ether oxygens (including phenoxy) is 2. The molecule has 1 rings (SSSR count). The number of anilines is 3. The molecule has 0 aliphatic heterocycles. The molecule has 1 heterocycles. The minimum absolute atomic E-state index is 0.353. The maximum Gasteiger partial charge on any atom is 0.149 e. The maximum absolute atomic E-state index is 5.59. The van der Waals surface area contributed by atoms with Gasteiger partial charge in [-0.25, -0.2) is 4.98 Å². The van der Waals surface area contributed by atoms with E-state index in [1.807, 2.05) is 0 Å². The molecule has 6 nitrogen and oxygen atoms in total. The number of hydrogen-bond acceptors (Lipinski definition) is 6. The molecule has 0 amide bonds.